The van der Waals surface area contributed by atoms with E-state index < -0.39 is 40.9 Å². The molecule has 0 heterocycles. The van der Waals surface area contributed by atoms with Gasteiger partial charge in [-0.25, -0.2) is 17.6 Å². The number of hydrogen-bond acceptors (Lipinski definition) is 5. The van der Waals surface area contributed by atoms with E-state index >= 15 is 0 Å². The third-order valence-corrected chi connectivity index (χ3v) is 3.81. The van der Waals surface area contributed by atoms with Crippen molar-refractivity contribution >= 4 is 0 Å². The van der Waals surface area contributed by atoms with Crippen LogP contribution in [0.3, 0.4) is 0 Å². The summed E-state index contributed by atoms with van der Waals surface area (Å²) in [5.41, 5.74) is -2.38. The zero-order valence-electron chi connectivity index (χ0n) is 14.1. The SMILES string of the molecule is CCCCC(COCCCCCCC(F)(F)C(F)F)([N+](=O)[O-])[N+](=O)[O-]. The number of nitrogens with zero attached hydrogens (tertiary/aromatic N) is 2. The van der Waals surface area contributed by atoms with Gasteiger partial charge in [-0.15, -0.1) is 0 Å². The van der Waals surface area contributed by atoms with Gasteiger partial charge < -0.3 is 4.74 Å². The summed E-state index contributed by atoms with van der Waals surface area (Å²) in [4.78, 5) is 20.3. The Morgan fingerprint density at radius 3 is 2.00 bits per heavy atom. The lowest BCUT2D eigenvalue weighted by Crippen LogP contribution is -2.50. The molecule has 0 spiro atoms. The minimum absolute atomic E-state index is 0.000789. The molecule has 0 amide bonds. The Hall–Kier alpha value is -1.52. The molecule has 0 aliphatic heterocycles. The van der Waals surface area contributed by atoms with Crippen LogP contribution >= 0.6 is 0 Å². The van der Waals surface area contributed by atoms with Crippen molar-refractivity contribution in [2.45, 2.75) is 76.3 Å². The first-order valence-electron chi connectivity index (χ1n) is 8.13. The zero-order chi connectivity index (χ0) is 19.5. The minimum atomic E-state index is -3.99. The summed E-state index contributed by atoms with van der Waals surface area (Å²) >= 11 is 0. The van der Waals surface area contributed by atoms with Crippen molar-refractivity contribution in [3.63, 3.8) is 0 Å². The third kappa shape index (κ3) is 7.93. The normalized spacial score (nSPS) is 12.6. The first-order chi connectivity index (χ1) is 11.6. The predicted octanol–water partition coefficient (Wildman–Crippen LogP) is 4.29. The molecule has 25 heavy (non-hydrogen) atoms. The van der Waals surface area contributed by atoms with Crippen molar-refractivity contribution in [1.82, 2.24) is 0 Å². The number of alkyl halides is 4. The van der Waals surface area contributed by atoms with Gasteiger partial charge in [0.15, 0.2) is 6.61 Å². The highest BCUT2D eigenvalue weighted by molar-refractivity contribution is 4.69. The van der Waals surface area contributed by atoms with Crippen LogP contribution in [0.25, 0.3) is 0 Å². The van der Waals surface area contributed by atoms with Crippen molar-refractivity contribution in [3.05, 3.63) is 20.2 Å². The van der Waals surface area contributed by atoms with Crippen molar-refractivity contribution in [3.8, 4) is 0 Å². The molecule has 0 aliphatic rings. The van der Waals surface area contributed by atoms with Crippen LogP contribution in [0.1, 0.15) is 58.3 Å². The first kappa shape index (κ1) is 23.5. The van der Waals surface area contributed by atoms with Crippen molar-refractivity contribution in [2.75, 3.05) is 13.2 Å². The predicted molar refractivity (Wildman–Crippen MR) is 81.1 cm³/mol. The van der Waals surface area contributed by atoms with Gasteiger partial charge in [-0.05, 0) is 19.3 Å². The molecule has 0 saturated heterocycles. The van der Waals surface area contributed by atoms with Gasteiger partial charge >= 0.3 is 18.0 Å². The van der Waals surface area contributed by atoms with Gasteiger partial charge in [-0.3, -0.25) is 20.2 Å². The summed E-state index contributed by atoms with van der Waals surface area (Å²) in [6.45, 7) is 1.08. The minimum Gasteiger partial charge on any atom is -0.366 e. The number of halogens is 4. The molecule has 148 valence electrons. The van der Waals surface area contributed by atoms with E-state index in [0.29, 0.717) is 25.7 Å². The quantitative estimate of drug-likeness (QED) is 0.140. The second-order valence-electron chi connectivity index (χ2n) is 5.88. The van der Waals surface area contributed by atoms with E-state index in [0.717, 1.165) is 0 Å². The standard InChI is InChI=1S/C14H24F4N2O5/c1-2-3-8-13(19(21)22,20(23)24)11-25-10-7-5-4-6-9-14(17,18)12(15)16/h12H,2-11H2,1H3. The fourth-order valence-electron chi connectivity index (χ4n) is 2.15. The molecule has 0 atom stereocenters. The van der Waals surface area contributed by atoms with Crippen molar-refractivity contribution < 1.29 is 32.1 Å². The van der Waals surface area contributed by atoms with Gasteiger partial charge in [0.1, 0.15) is 9.85 Å². The maximum atomic E-state index is 12.7. The van der Waals surface area contributed by atoms with Crippen LogP contribution in [0.5, 0.6) is 0 Å². The number of rotatable bonds is 15. The number of ether oxygens (including phenoxy) is 1. The Morgan fingerprint density at radius 1 is 0.960 bits per heavy atom. The largest absolute Gasteiger partial charge is 0.480 e. The average molecular weight is 376 g/mol. The van der Waals surface area contributed by atoms with Gasteiger partial charge in [-0.1, -0.05) is 26.2 Å². The van der Waals surface area contributed by atoms with E-state index in [1.54, 1.807) is 6.92 Å². The van der Waals surface area contributed by atoms with Crippen LogP contribution in [0.15, 0.2) is 0 Å². The Balaban J connectivity index is 4.11. The number of unbranched alkanes of at least 4 members (excludes halogenated alkanes) is 4. The summed E-state index contributed by atoms with van der Waals surface area (Å²) in [5, 5.41) is 22.1. The maximum absolute atomic E-state index is 12.7. The van der Waals surface area contributed by atoms with E-state index in [1.807, 2.05) is 0 Å². The topological polar surface area (TPSA) is 95.5 Å². The first-order valence-corrected chi connectivity index (χ1v) is 8.13. The summed E-state index contributed by atoms with van der Waals surface area (Å²) in [6.07, 6.45) is -3.02. The highest BCUT2D eigenvalue weighted by Gasteiger charge is 2.55. The molecule has 0 saturated carbocycles. The Bertz CT molecular complexity index is 410. The zero-order valence-corrected chi connectivity index (χ0v) is 14.1. The smallest absolute Gasteiger partial charge is 0.366 e. The monoisotopic (exact) mass is 376 g/mol. The Kier molecular flexibility index (Phi) is 10.5. The molecule has 0 aromatic heterocycles. The fourth-order valence-corrected chi connectivity index (χ4v) is 2.15. The van der Waals surface area contributed by atoms with Crippen molar-refractivity contribution in [2.24, 2.45) is 0 Å². The lowest BCUT2D eigenvalue weighted by molar-refractivity contribution is -0.800. The second-order valence-corrected chi connectivity index (χ2v) is 5.88. The van der Waals surface area contributed by atoms with Crippen LogP contribution in [0, 0.1) is 20.2 Å². The summed E-state index contributed by atoms with van der Waals surface area (Å²) in [5.74, 6) is -3.99. The van der Waals surface area contributed by atoms with Crippen LogP contribution in [-0.4, -0.2) is 41.1 Å². The maximum Gasteiger partial charge on any atom is 0.480 e. The van der Waals surface area contributed by atoms with Crippen LogP contribution < -0.4 is 0 Å². The van der Waals surface area contributed by atoms with Gasteiger partial charge in [0, 0.05) is 13.0 Å². The van der Waals surface area contributed by atoms with E-state index in [2.05, 4.69) is 0 Å². The summed E-state index contributed by atoms with van der Waals surface area (Å²) < 4.78 is 54.2. The highest BCUT2D eigenvalue weighted by Crippen LogP contribution is 2.29. The molecule has 0 N–H and O–H groups in total. The molecule has 0 aromatic carbocycles. The van der Waals surface area contributed by atoms with Gasteiger partial charge in [0.25, 0.3) is 0 Å². The Morgan fingerprint density at radius 2 is 1.52 bits per heavy atom. The van der Waals surface area contributed by atoms with E-state index in [4.69, 9.17) is 4.74 Å². The lowest BCUT2D eigenvalue weighted by atomic mass is 10.1. The van der Waals surface area contributed by atoms with Gasteiger partial charge in [-0.2, -0.15) is 0 Å². The molecule has 0 aromatic rings. The molecule has 0 fully saturated rings. The summed E-state index contributed by atoms with van der Waals surface area (Å²) in [7, 11) is 0. The highest BCUT2D eigenvalue weighted by atomic mass is 19.3. The molecule has 0 rings (SSSR count). The second kappa shape index (κ2) is 11.2. The van der Waals surface area contributed by atoms with E-state index in [-0.39, 0.29) is 25.9 Å². The molecule has 11 heteroatoms. The molecule has 7 nitrogen and oxygen atoms in total. The molecule has 0 bridgehead atoms. The lowest BCUT2D eigenvalue weighted by Gasteiger charge is -2.17. The van der Waals surface area contributed by atoms with Gasteiger partial charge in [0.2, 0.25) is 0 Å². The Labute approximate surface area is 143 Å². The number of hydrogen-bond donors (Lipinski definition) is 0. The third-order valence-electron chi connectivity index (χ3n) is 3.81. The van der Waals surface area contributed by atoms with E-state index in [1.165, 1.54) is 0 Å². The molecule has 0 radical (unpaired) electrons. The van der Waals surface area contributed by atoms with E-state index in [9.17, 15) is 37.8 Å². The van der Waals surface area contributed by atoms with Crippen molar-refractivity contribution in [1.29, 1.82) is 0 Å². The average Bonchev–Trinajstić information content (AvgIpc) is 2.51. The fraction of sp³-hybridized carbons (Fsp3) is 1.00. The number of nitro groups is 2. The summed E-state index contributed by atoms with van der Waals surface area (Å²) in [6, 6.07) is 0. The molecule has 0 aliphatic carbocycles. The molecular formula is C14H24F4N2O5. The van der Waals surface area contributed by atoms with Crippen LogP contribution in [0.2, 0.25) is 0 Å². The molecular weight excluding hydrogens is 352 g/mol. The van der Waals surface area contributed by atoms with Crippen LogP contribution in [0.4, 0.5) is 17.6 Å². The van der Waals surface area contributed by atoms with Crippen LogP contribution in [-0.2, 0) is 4.74 Å². The van der Waals surface area contributed by atoms with Gasteiger partial charge in [0.05, 0.1) is 6.42 Å². The molecule has 0 unspecified atom stereocenters.